The number of carboxylic acid groups (broad SMARTS) is 1. The summed E-state index contributed by atoms with van der Waals surface area (Å²) in [6, 6.07) is 14.1. The zero-order chi connectivity index (χ0) is 25.4. The first kappa shape index (κ1) is 25.6. The highest BCUT2D eigenvalue weighted by Crippen LogP contribution is 2.43. The SMILES string of the molecule is Cc1ccc(-c2c([NH2+]O)cc(C(OC(C)(C)C)C(=O)O)c(-c3ccc(C)c(C)c3)c2C)cc1C. The van der Waals surface area contributed by atoms with E-state index in [0.717, 1.165) is 44.4 Å². The Morgan fingerprint density at radius 1 is 0.824 bits per heavy atom. The third-order valence-electron chi connectivity index (χ3n) is 6.35. The van der Waals surface area contributed by atoms with E-state index >= 15 is 0 Å². The highest BCUT2D eigenvalue weighted by atomic mass is 16.5. The molecule has 3 aromatic carbocycles. The quantitative estimate of drug-likeness (QED) is 0.306. The van der Waals surface area contributed by atoms with Crippen LogP contribution < -0.4 is 5.48 Å². The van der Waals surface area contributed by atoms with E-state index in [2.05, 4.69) is 45.0 Å². The van der Waals surface area contributed by atoms with Gasteiger partial charge in [0.1, 0.15) is 0 Å². The van der Waals surface area contributed by atoms with Gasteiger partial charge in [0.25, 0.3) is 0 Å². The van der Waals surface area contributed by atoms with Gasteiger partial charge >= 0.3 is 5.97 Å². The lowest BCUT2D eigenvalue weighted by Gasteiger charge is -2.28. The maximum Gasteiger partial charge on any atom is 0.337 e. The van der Waals surface area contributed by atoms with Crippen LogP contribution in [-0.4, -0.2) is 21.9 Å². The molecule has 1 atom stereocenters. The van der Waals surface area contributed by atoms with Crippen LogP contribution >= 0.6 is 0 Å². The molecule has 4 N–H and O–H groups in total. The van der Waals surface area contributed by atoms with Crippen molar-refractivity contribution in [1.29, 1.82) is 0 Å². The fourth-order valence-corrected chi connectivity index (χ4v) is 4.34. The number of carboxylic acids is 1. The van der Waals surface area contributed by atoms with Crippen molar-refractivity contribution in [2.24, 2.45) is 0 Å². The molecule has 0 aliphatic carbocycles. The molecule has 180 valence electrons. The number of hydrogen-bond acceptors (Lipinski definition) is 3. The normalized spacial score (nSPS) is 12.6. The second-order valence-corrected chi connectivity index (χ2v) is 10.1. The number of carbonyl (C=O) groups is 1. The average Bonchev–Trinajstić information content (AvgIpc) is 2.74. The molecule has 0 radical (unpaired) electrons. The Morgan fingerprint density at radius 2 is 1.32 bits per heavy atom. The molecule has 0 saturated heterocycles. The van der Waals surface area contributed by atoms with E-state index in [-0.39, 0.29) is 0 Å². The molecular weight excluding hydrogens is 426 g/mol. The van der Waals surface area contributed by atoms with Crippen LogP contribution in [0.2, 0.25) is 0 Å². The summed E-state index contributed by atoms with van der Waals surface area (Å²) >= 11 is 0. The molecule has 0 amide bonds. The van der Waals surface area contributed by atoms with Gasteiger partial charge in [0.05, 0.1) is 5.60 Å². The largest absolute Gasteiger partial charge is 0.479 e. The van der Waals surface area contributed by atoms with E-state index < -0.39 is 17.7 Å². The van der Waals surface area contributed by atoms with Crippen LogP contribution in [0, 0.1) is 34.6 Å². The number of aliphatic carboxylic acids is 1. The van der Waals surface area contributed by atoms with Gasteiger partial charge in [0.15, 0.2) is 11.8 Å². The first-order valence-electron chi connectivity index (χ1n) is 11.5. The van der Waals surface area contributed by atoms with Crippen LogP contribution in [0.3, 0.4) is 0 Å². The van der Waals surface area contributed by atoms with E-state index in [1.165, 1.54) is 11.1 Å². The van der Waals surface area contributed by atoms with Crippen LogP contribution in [0.1, 0.15) is 60.3 Å². The first-order chi connectivity index (χ1) is 15.8. The highest BCUT2D eigenvalue weighted by Gasteiger charge is 2.32. The number of hydrogen-bond donors (Lipinski definition) is 3. The first-order valence-corrected chi connectivity index (χ1v) is 11.5. The topological polar surface area (TPSA) is 83.4 Å². The summed E-state index contributed by atoms with van der Waals surface area (Å²) in [5.74, 6) is -1.07. The lowest BCUT2D eigenvalue weighted by molar-refractivity contribution is -0.825. The molecule has 3 aromatic rings. The summed E-state index contributed by atoms with van der Waals surface area (Å²) in [7, 11) is 0. The van der Waals surface area contributed by atoms with E-state index in [9.17, 15) is 15.1 Å². The molecule has 3 rings (SSSR count). The Balaban J connectivity index is 2.43. The van der Waals surface area contributed by atoms with E-state index in [1.54, 1.807) is 6.07 Å². The molecule has 0 heterocycles. The van der Waals surface area contributed by atoms with Crippen molar-refractivity contribution in [2.45, 2.75) is 67.1 Å². The Bertz CT molecular complexity index is 1240. The zero-order valence-electron chi connectivity index (χ0n) is 21.4. The van der Waals surface area contributed by atoms with Gasteiger partial charge in [0, 0.05) is 17.2 Å². The molecule has 0 fully saturated rings. The maximum atomic E-state index is 12.4. The highest BCUT2D eigenvalue weighted by molar-refractivity contribution is 5.90. The summed E-state index contributed by atoms with van der Waals surface area (Å²) in [6.07, 6.45) is -1.19. The molecule has 0 aliphatic rings. The summed E-state index contributed by atoms with van der Waals surface area (Å²) in [6.45, 7) is 15.7. The molecule has 0 spiro atoms. The Hall–Kier alpha value is -2.99. The number of quaternary nitrogens is 1. The van der Waals surface area contributed by atoms with Gasteiger partial charge in [-0.1, -0.05) is 36.4 Å². The summed E-state index contributed by atoms with van der Waals surface area (Å²) in [5, 5.41) is 20.4. The van der Waals surface area contributed by atoms with Crippen LogP contribution in [0.15, 0.2) is 42.5 Å². The molecule has 0 aromatic heterocycles. The number of rotatable bonds is 6. The lowest BCUT2D eigenvalue weighted by atomic mass is 9.84. The Kier molecular flexibility index (Phi) is 7.32. The van der Waals surface area contributed by atoms with Crippen LogP contribution in [0.5, 0.6) is 0 Å². The number of ether oxygens (including phenoxy) is 1. The minimum atomic E-state index is -1.19. The van der Waals surface area contributed by atoms with Gasteiger partial charge in [-0.2, -0.15) is 5.48 Å². The van der Waals surface area contributed by atoms with Crippen molar-refractivity contribution in [2.75, 3.05) is 0 Å². The van der Waals surface area contributed by atoms with Crippen molar-refractivity contribution in [3.8, 4) is 22.3 Å². The summed E-state index contributed by atoms with van der Waals surface area (Å²) < 4.78 is 6.04. The van der Waals surface area contributed by atoms with Crippen molar-refractivity contribution in [3.63, 3.8) is 0 Å². The van der Waals surface area contributed by atoms with Gasteiger partial charge in [0.2, 0.25) is 0 Å². The van der Waals surface area contributed by atoms with Gasteiger partial charge in [-0.25, -0.2) is 10.0 Å². The number of benzene rings is 3. The maximum absolute atomic E-state index is 12.4. The van der Waals surface area contributed by atoms with Crippen LogP contribution in [-0.2, 0) is 9.53 Å². The van der Waals surface area contributed by atoms with Crippen molar-refractivity contribution in [3.05, 3.63) is 75.8 Å². The second-order valence-electron chi connectivity index (χ2n) is 10.1. The molecular formula is C29H36NO4+. The van der Waals surface area contributed by atoms with Crippen LogP contribution in [0.4, 0.5) is 5.69 Å². The van der Waals surface area contributed by atoms with E-state index in [0.29, 0.717) is 11.3 Å². The van der Waals surface area contributed by atoms with Gasteiger partial charge in [-0.15, -0.1) is 0 Å². The Labute approximate surface area is 202 Å². The predicted octanol–water partition coefficient (Wildman–Crippen LogP) is 6.09. The summed E-state index contributed by atoms with van der Waals surface area (Å²) in [4.78, 5) is 12.4. The zero-order valence-corrected chi connectivity index (χ0v) is 21.4. The van der Waals surface area contributed by atoms with Crippen molar-refractivity contribution >= 4 is 11.7 Å². The van der Waals surface area contributed by atoms with Crippen LogP contribution in [0.25, 0.3) is 22.3 Å². The van der Waals surface area contributed by atoms with Crippen molar-refractivity contribution < 1.29 is 25.3 Å². The molecule has 0 bridgehead atoms. The molecule has 34 heavy (non-hydrogen) atoms. The molecule has 5 heteroatoms. The fraction of sp³-hybridized carbons (Fsp3) is 0.345. The smallest absolute Gasteiger partial charge is 0.337 e. The minimum absolute atomic E-state index is 0.524. The standard InChI is InChI=1S/C29H35NO4/c1-16-9-11-21(13-18(16)3)25-20(5)26(22-12-10-17(2)19(4)14-22)24(30-33)15-23(25)27(28(31)32)34-29(6,7)8/h9-15,27,30,33H,1-8H3,(H,31,32)/p+1. The van der Waals surface area contributed by atoms with E-state index in [1.807, 2.05) is 46.8 Å². The fourth-order valence-electron chi connectivity index (χ4n) is 4.34. The predicted molar refractivity (Wildman–Crippen MR) is 136 cm³/mol. The lowest BCUT2D eigenvalue weighted by Crippen LogP contribution is -2.74. The molecule has 0 aliphatic heterocycles. The number of aryl methyl sites for hydroxylation is 4. The van der Waals surface area contributed by atoms with Crippen molar-refractivity contribution in [1.82, 2.24) is 0 Å². The Morgan fingerprint density at radius 3 is 1.74 bits per heavy atom. The molecule has 0 saturated carbocycles. The monoisotopic (exact) mass is 462 g/mol. The molecule has 1 unspecified atom stereocenters. The van der Waals surface area contributed by atoms with Gasteiger partial charge < -0.3 is 9.84 Å². The van der Waals surface area contributed by atoms with E-state index in [4.69, 9.17) is 4.74 Å². The third-order valence-corrected chi connectivity index (χ3v) is 6.35. The summed E-state index contributed by atoms with van der Waals surface area (Å²) in [5.41, 5.74) is 10.6. The van der Waals surface area contributed by atoms with Gasteiger partial charge in [-0.05, 0) is 99.9 Å². The molecule has 5 nitrogen and oxygen atoms in total. The number of nitrogens with two attached hydrogens (primary N) is 1. The third kappa shape index (κ3) is 5.22. The van der Waals surface area contributed by atoms with Gasteiger partial charge in [-0.3, -0.25) is 0 Å². The average molecular weight is 463 g/mol. The second kappa shape index (κ2) is 9.71. The minimum Gasteiger partial charge on any atom is -0.479 e.